The van der Waals surface area contributed by atoms with E-state index < -0.39 is 245 Å². The Labute approximate surface area is 681 Å². The maximum absolute atomic E-state index is 13.0. The van der Waals surface area contributed by atoms with Gasteiger partial charge in [-0.15, -0.1) is 20.4 Å². The van der Waals surface area contributed by atoms with Crippen molar-refractivity contribution in [2.75, 3.05) is 39.5 Å². The Morgan fingerprint density at radius 1 is 0.250 bits per heavy atom. The molecule has 4 saturated heterocycles. The van der Waals surface area contributed by atoms with E-state index in [9.17, 15) is 76.7 Å². The van der Waals surface area contributed by atoms with Gasteiger partial charge >= 0.3 is 95.5 Å². The van der Waals surface area contributed by atoms with Gasteiger partial charge in [0, 0.05) is 150 Å². The number of esters is 16. The second-order valence-corrected chi connectivity index (χ2v) is 27.5. The van der Waals surface area contributed by atoms with Crippen molar-refractivity contribution < 1.29 is 171 Å². The quantitative estimate of drug-likeness (QED) is 0.0348. The Morgan fingerprint density at radius 2 is 0.408 bits per heavy atom. The van der Waals surface area contributed by atoms with Crippen molar-refractivity contribution >= 4 is 95.5 Å². The zero-order chi connectivity index (χ0) is 88.3. The third-order valence-corrected chi connectivity index (χ3v) is 17.4. The molecule has 50 heteroatoms. The lowest BCUT2D eigenvalue weighted by atomic mass is 9.97. The van der Waals surface area contributed by atoms with Crippen LogP contribution >= 0.6 is 0 Å². The molecule has 8 heterocycles. The standard InChI is InChI=1S/C70H92N14O36/c1-31(85)101-27-51-55(105-35(5)89)59(109-39(9)93)63(113-43(13)97)67(117-51)81-23-47(71-75-81)19-79(20-48-24-82(76-72-48)68-64(114-44(14)98)60(110-40(10)94)56(106-36(6)90)52(118-68)28-102-32(2)86)17-18-80(21-49-25-83(77-73-49)69-65(115-45(15)99)61(111-41(11)95)57(107-37(7)91)53(119-69)29-103-33(3)87)22-50-26-84(78-74-50)70-66(116-46(16)100)62(112-42(12)96)58(108-38(8)92)54(120-70)30-104-34(4)88/h23-26,51-70H,17-22,27-30H2,1-16H3/t51-,52-,53-,54-,55-,56-,57-,58-,59+,60+,61+,62+,63-,64-,65-,66-,67-,68-,69-,70-/m1/s1. The Kier molecular flexibility index (Phi) is 33.0. The Hall–Kier alpha value is -12.2. The van der Waals surface area contributed by atoms with Gasteiger partial charge in [-0.05, 0) is 0 Å². The highest BCUT2D eigenvalue weighted by atomic mass is 16.7. The second-order valence-electron chi connectivity index (χ2n) is 27.5. The lowest BCUT2D eigenvalue weighted by Gasteiger charge is -2.44. The largest absolute Gasteiger partial charge is 0.463 e. The molecule has 0 aromatic carbocycles. The molecule has 0 radical (unpaired) electrons. The number of rotatable bonds is 35. The SMILES string of the molecule is CC(=O)OC[C@H]1O[C@@H](n2cc(CN(CCN(Cc3cn([C@@H]4O[C@H](COC(C)=O)[C@@H](OC(C)=O)[C@H](OC(C)=O)[C@H]4OC(C)=O)nn3)Cc3cn([C@@H]4O[C@H](COC(C)=O)[C@@H](OC(C)=O)[C@H](OC(C)=O)[C@H]4OC(C)=O)nn3)Cc3cn([C@@H]4O[C@H](COC(C)=O)[C@@H](OC(C)=O)[C@H](OC(C)=O)[C@H]4OC(C)=O)nn3)nn2)[C@H](OC(C)=O)[C@@H](OC(C)=O)[C@@H]1OC(C)=O. The fourth-order valence-electron chi connectivity index (χ4n) is 13.3. The summed E-state index contributed by atoms with van der Waals surface area (Å²) in [6.45, 7) is 12.8. The van der Waals surface area contributed by atoms with Crippen LogP contribution in [0.25, 0.3) is 0 Å². The molecule has 0 amide bonds. The van der Waals surface area contributed by atoms with Gasteiger partial charge in [-0.3, -0.25) is 86.5 Å². The number of nitrogens with zero attached hydrogens (tertiary/aromatic N) is 14. The van der Waals surface area contributed by atoms with Crippen molar-refractivity contribution in [2.24, 2.45) is 0 Å². The fourth-order valence-corrected chi connectivity index (χ4v) is 13.3. The van der Waals surface area contributed by atoms with E-state index in [1.807, 2.05) is 0 Å². The van der Waals surface area contributed by atoms with Crippen molar-refractivity contribution in [3.8, 4) is 0 Å². The number of carbonyl (C=O) groups is 16. The molecule has 4 fully saturated rings. The first-order valence-electron chi connectivity index (χ1n) is 36.9. The normalized spacial score (nSPS) is 26.4. The third kappa shape index (κ3) is 26.7. The van der Waals surface area contributed by atoms with E-state index in [1.165, 1.54) is 24.8 Å². The van der Waals surface area contributed by atoms with E-state index in [0.29, 0.717) is 0 Å². The first kappa shape index (κ1) is 93.3. The molecule has 4 aromatic rings. The highest BCUT2D eigenvalue weighted by Crippen LogP contribution is 2.40. The van der Waals surface area contributed by atoms with Crippen LogP contribution in [0.3, 0.4) is 0 Å². The van der Waals surface area contributed by atoms with Crippen molar-refractivity contribution in [2.45, 2.75) is 260 Å². The molecule has 4 aliphatic rings. The van der Waals surface area contributed by atoms with Gasteiger partial charge in [0.2, 0.25) is 0 Å². The average molecular weight is 1710 g/mol. The van der Waals surface area contributed by atoms with Crippen molar-refractivity contribution in [1.82, 2.24) is 69.8 Å². The molecule has 120 heavy (non-hydrogen) atoms. The highest BCUT2D eigenvalue weighted by Gasteiger charge is 2.58. The summed E-state index contributed by atoms with van der Waals surface area (Å²) in [5.41, 5.74) is 0.285. The maximum Gasteiger partial charge on any atom is 0.303 e. The number of hydrogen-bond donors (Lipinski definition) is 0. The van der Waals surface area contributed by atoms with Crippen molar-refractivity contribution in [3.05, 3.63) is 47.6 Å². The van der Waals surface area contributed by atoms with Crippen LogP contribution in [-0.4, -0.2) is 302 Å². The molecule has 0 N–H and O–H groups in total. The van der Waals surface area contributed by atoms with Crippen molar-refractivity contribution in [1.29, 1.82) is 0 Å². The predicted molar refractivity (Wildman–Crippen MR) is 377 cm³/mol. The smallest absolute Gasteiger partial charge is 0.303 e. The monoisotopic (exact) mass is 1700 g/mol. The van der Waals surface area contributed by atoms with E-state index in [1.54, 1.807) is 9.80 Å². The Bertz CT molecular complexity index is 3840. The van der Waals surface area contributed by atoms with Crippen molar-refractivity contribution in [3.63, 3.8) is 0 Å². The van der Waals surface area contributed by atoms with Gasteiger partial charge in [0.1, 0.15) is 50.8 Å². The van der Waals surface area contributed by atoms with E-state index in [2.05, 4.69) is 41.2 Å². The molecule has 0 unspecified atom stereocenters. The Balaban J connectivity index is 1.27. The van der Waals surface area contributed by atoms with Crippen LogP contribution < -0.4 is 0 Å². The molecule has 0 aliphatic carbocycles. The number of carbonyl (C=O) groups excluding carboxylic acids is 16. The third-order valence-electron chi connectivity index (χ3n) is 17.4. The summed E-state index contributed by atoms with van der Waals surface area (Å²) >= 11 is 0. The van der Waals surface area contributed by atoms with E-state index in [4.69, 9.17) is 94.7 Å². The second kappa shape index (κ2) is 42.5. The molecular weight excluding hydrogens is 1610 g/mol. The topological polar surface area (TPSA) is 587 Å². The summed E-state index contributed by atoms with van der Waals surface area (Å²) in [5, 5.41) is 35.1. The summed E-state index contributed by atoms with van der Waals surface area (Å²) in [6, 6.07) is 0. The molecule has 8 rings (SSSR count). The first-order chi connectivity index (χ1) is 56.6. The molecule has 0 saturated carbocycles. The van der Waals surface area contributed by atoms with Gasteiger partial charge in [-0.2, -0.15) is 0 Å². The Morgan fingerprint density at radius 3 is 0.567 bits per heavy atom. The lowest BCUT2D eigenvalue weighted by Crippen LogP contribution is -2.60. The van der Waals surface area contributed by atoms with Crippen LogP contribution in [0.4, 0.5) is 0 Å². The molecule has 50 nitrogen and oxygen atoms in total. The zero-order valence-corrected chi connectivity index (χ0v) is 67.9. The summed E-state index contributed by atoms with van der Waals surface area (Å²) in [7, 11) is 0. The fraction of sp³-hybridized carbons (Fsp3) is 0.657. The minimum Gasteiger partial charge on any atom is -0.463 e. The van der Waals surface area contributed by atoms with Crippen LogP contribution in [-0.2, 0) is 198 Å². The van der Waals surface area contributed by atoms with Gasteiger partial charge in [0.15, 0.2) is 98.2 Å². The zero-order valence-electron chi connectivity index (χ0n) is 67.9. The first-order valence-corrected chi connectivity index (χ1v) is 36.9. The van der Waals surface area contributed by atoms with E-state index >= 15 is 0 Å². The number of ether oxygens (including phenoxy) is 20. The molecular formula is C70H92N14O36. The van der Waals surface area contributed by atoms with Crippen LogP contribution in [0.1, 0.15) is 158 Å². The van der Waals surface area contributed by atoms with E-state index in [-0.39, 0.29) is 62.0 Å². The molecule has 4 aromatic heterocycles. The molecule has 658 valence electrons. The van der Waals surface area contributed by atoms with Crippen LogP contribution in [0.5, 0.6) is 0 Å². The average Bonchev–Trinajstić information content (AvgIpc) is 1.15. The number of aromatic nitrogens is 12. The van der Waals surface area contributed by atoms with Gasteiger partial charge in [0.25, 0.3) is 0 Å². The van der Waals surface area contributed by atoms with E-state index in [0.717, 1.165) is 130 Å². The van der Waals surface area contributed by atoms with Gasteiger partial charge < -0.3 is 94.7 Å². The minimum absolute atomic E-state index is 0.0712. The minimum atomic E-state index is -1.68. The summed E-state index contributed by atoms with van der Waals surface area (Å²) < 4.78 is 119. The molecule has 4 aliphatic heterocycles. The van der Waals surface area contributed by atoms with Crippen LogP contribution in [0.15, 0.2) is 24.8 Å². The molecule has 0 bridgehead atoms. The summed E-state index contributed by atoms with van der Waals surface area (Å²) in [4.78, 5) is 207. The maximum atomic E-state index is 13.0. The summed E-state index contributed by atoms with van der Waals surface area (Å²) in [6.07, 6.45) is -26.5. The lowest BCUT2D eigenvalue weighted by molar-refractivity contribution is -0.270. The van der Waals surface area contributed by atoms with Gasteiger partial charge in [-0.25, -0.2) is 18.7 Å². The van der Waals surface area contributed by atoms with Crippen LogP contribution in [0, 0.1) is 0 Å². The van der Waals surface area contributed by atoms with Crippen LogP contribution in [0.2, 0.25) is 0 Å². The van der Waals surface area contributed by atoms with Gasteiger partial charge in [0.05, 0.1) is 47.6 Å². The summed E-state index contributed by atoms with van der Waals surface area (Å²) in [5.74, 6) is -14.3. The highest BCUT2D eigenvalue weighted by molar-refractivity contribution is 5.72. The van der Waals surface area contributed by atoms with Gasteiger partial charge in [-0.1, -0.05) is 20.9 Å². The predicted octanol–water partition coefficient (Wildman–Crippen LogP) is -2.22. The molecule has 20 atom stereocenters. The number of hydrogen-bond acceptors (Lipinski definition) is 46. The molecule has 0 spiro atoms.